The number of hydrogen-bond acceptors (Lipinski definition) is 1. The summed E-state index contributed by atoms with van der Waals surface area (Å²) in [4.78, 5) is 4.45. The highest BCUT2D eigenvalue weighted by atomic mass is 79.9. The van der Waals surface area contributed by atoms with E-state index in [0.29, 0.717) is 5.33 Å². The summed E-state index contributed by atoms with van der Waals surface area (Å²) in [6.07, 6.45) is 1.68. The minimum atomic E-state index is -0.297. The summed E-state index contributed by atoms with van der Waals surface area (Å²) >= 11 is 3.44. The van der Waals surface area contributed by atoms with Gasteiger partial charge in [0.2, 0.25) is 0 Å². The van der Waals surface area contributed by atoms with Gasteiger partial charge in [0.25, 0.3) is 0 Å². The van der Waals surface area contributed by atoms with Crippen LogP contribution in [0.5, 0.6) is 0 Å². The number of rotatable bonds is 3. The molecular formula is C18H12BrF2N. The molecule has 0 atom stereocenters. The van der Waals surface area contributed by atoms with Gasteiger partial charge in [-0.1, -0.05) is 40.2 Å². The van der Waals surface area contributed by atoms with Crippen LogP contribution in [0.1, 0.15) is 5.56 Å². The van der Waals surface area contributed by atoms with Crippen molar-refractivity contribution in [3.05, 3.63) is 78.0 Å². The Morgan fingerprint density at radius 3 is 2.09 bits per heavy atom. The lowest BCUT2D eigenvalue weighted by Crippen LogP contribution is -1.93. The van der Waals surface area contributed by atoms with Crippen LogP contribution in [0.4, 0.5) is 8.78 Å². The number of halogens is 3. The van der Waals surface area contributed by atoms with Gasteiger partial charge in [-0.05, 0) is 41.5 Å². The van der Waals surface area contributed by atoms with Crippen molar-refractivity contribution in [2.75, 3.05) is 0 Å². The Labute approximate surface area is 135 Å². The van der Waals surface area contributed by atoms with Gasteiger partial charge in [-0.3, -0.25) is 4.98 Å². The maximum absolute atomic E-state index is 13.4. The van der Waals surface area contributed by atoms with Crippen LogP contribution in [-0.4, -0.2) is 4.98 Å². The molecule has 22 heavy (non-hydrogen) atoms. The fourth-order valence-electron chi connectivity index (χ4n) is 2.33. The van der Waals surface area contributed by atoms with Gasteiger partial charge in [0.15, 0.2) is 0 Å². The molecular weight excluding hydrogens is 348 g/mol. The minimum absolute atomic E-state index is 0.285. The Morgan fingerprint density at radius 2 is 1.45 bits per heavy atom. The van der Waals surface area contributed by atoms with Crippen LogP contribution in [0.2, 0.25) is 0 Å². The molecule has 1 aromatic heterocycles. The first-order chi connectivity index (χ1) is 10.7. The predicted octanol–water partition coefficient (Wildman–Crippen LogP) is 5.59. The van der Waals surface area contributed by atoms with E-state index in [1.54, 1.807) is 18.3 Å². The summed E-state index contributed by atoms with van der Waals surface area (Å²) in [6.45, 7) is 0. The molecule has 0 radical (unpaired) electrons. The lowest BCUT2D eigenvalue weighted by molar-refractivity contribution is 0.628. The first-order valence-corrected chi connectivity index (χ1v) is 7.86. The van der Waals surface area contributed by atoms with E-state index in [4.69, 9.17) is 0 Å². The van der Waals surface area contributed by atoms with E-state index in [1.807, 2.05) is 18.2 Å². The fraction of sp³-hybridized carbons (Fsp3) is 0.0556. The largest absolute Gasteiger partial charge is 0.255 e. The van der Waals surface area contributed by atoms with Crippen LogP contribution in [-0.2, 0) is 5.33 Å². The van der Waals surface area contributed by atoms with Gasteiger partial charge >= 0.3 is 0 Å². The second-order valence-electron chi connectivity index (χ2n) is 4.89. The van der Waals surface area contributed by atoms with E-state index in [9.17, 15) is 8.78 Å². The molecule has 1 nitrogen and oxygen atoms in total. The average molecular weight is 360 g/mol. The lowest BCUT2D eigenvalue weighted by Gasteiger charge is -2.10. The number of pyridine rings is 1. The summed E-state index contributed by atoms with van der Waals surface area (Å²) in [5.41, 5.74) is 3.96. The lowest BCUT2D eigenvalue weighted by atomic mass is 10.0. The Balaban J connectivity index is 2.08. The maximum Gasteiger partial charge on any atom is 0.123 e. The van der Waals surface area contributed by atoms with E-state index in [0.717, 1.165) is 27.9 Å². The third-order valence-electron chi connectivity index (χ3n) is 3.37. The van der Waals surface area contributed by atoms with Crippen molar-refractivity contribution < 1.29 is 8.78 Å². The normalized spacial score (nSPS) is 10.7. The molecule has 1 heterocycles. The van der Waals surface area contributed by atoms with E-state index >= 15 is 0 Å². The van der Waals surface area contributed by atoms with E-state index in [2.05, 4.69) is 20.9 Å². The second kappa shape index (κ2) is 6.36. The number of benzene rings is 2. The first-order valence-electron chi connectivity index (χ1n) is 6.74. The van der Waals surface area contributed by atoms with Crippen molar-refractivity contribution in [2.24, 2.45) is 0 Å². The molecule has 0 N–H and O–H groups in total. The molecule has 3 rings (SSSR count). The van der Waals surface area contributed by atoms with Gasteiger partial charge in [0, 0.05) is 22.7 Å². The summed E-state index contributed by atoms with van der Waals surface area (Å²) in [5.74, 6) is -0.582. The highest BCUT2D eigenvalue weighted by Gasteiger charge is 2.09. The standard InChI is InChI=1S/C18H12BrF2N/c19-10-14-7-15(12-3-1-5-16(20)8-12)11-22-18(14)13-4-2-6-17(21)9-13/h1-9,11H,10H2. The van der Waals surface area contributed by atoms with Crippen molar-refractivity contribution in [1.82, 2.24) is 4.98 Å². The smallest absolute Gasteiger partial charge is 0.123 e. The molecule has 0 bridgehead atoms. The van der Waals surface area contributed by atoms with Crippen LogP contribution in [0.3, 0.4) is 0 Å². The molecule has 0 amide bonds. The molecule has 0 aliphatic heterocycles. The molecule has 2 aromatic carbocycles. The van der Waals surface area contributed by atoms with Gasteiger partial charge < -0.3 is 0 Å². The topological polar surface area (TPSA) is 12.9 Å². The van der Waals surface area contributed by atoms with Crippen molar-refractivity contribution in [3.8, 4) is 22.4 Å². The molecule has 0 aliphatic rings. The number of alkyl halides is 1. The van der Waals surface area contributed by atoms with Gasteiger partial charge in [0.05, 0.1) is 5.69 Å². The molecule has 0 saturated carbocycles. The number of aromatic nitrogens is 1. The van der Waals surface area contributed by atoms with Gasteiger partial charge in [-0.2, -0.15) is 0 Å². The quantitative estimate of drug-likeness (QED) is 0.555. The van der Waals surface area contributed by atoms with Crippen molar-refractivity contribution in [1.29, 1.82) is 0 Å². The van der Waals surface area contributed by atoms with Gasteiger partial charge in [0.1, 0.15) is 11.6 Å². The third-order valence-corrected chi connectivity index (χ3v) is 3.97. The average Bonchev–Trinajstić information content (AvgIpc) is 2.54. The van der Waals surface area contributed by atoms with Gasteiger partial charge in [-0.25, -0.2) is 8.78 Å². The van der Waals surface area contributed by atoms with Crippen molar-refractivity contribution >= 4 is 15.9 Å². The Kier molecular flexibility index (Phi) is 4.29. The highest BCUT2D eigenvalue weighted by molar-refractivity contribution is 9.08. The first kappa shape index (κ1) is 14.9. The second-order valence-corrected chi connectivity index (χ2v) is 5.45. The van der Waals surface area contributed by atoms with Crippen LogP contribution >= 0.6 is 15.9 Å². The summed E-state index contributed by atoms with van der Waals surface area (Å²) in [6, 6.07) is 14.6. The van der Waals surface area contributed by atoms with Crippen molar-refractivity contribution in [3.63, 3.8) is 0 Å². The van der Waals surface area contributed by atoms with Crippen molar-refractivity contribution in [2.45, 2.75) is 5.33 Å². The molecule has 0 saturated heterocycles. The zero-order chi connectivity index (χ0) is 15.5. The monoisotopic (exact) mass is 359 g/mol. The Hall–Kier alpha value is -2.07. The predicted molar refractivity (Wildman–Crippen MR) is 87.7 cm³/mol. The number of hydrogen-bond donors (Lipinski definition) is 0. The molecule has 0 spiro atoms. The molecule has 0 fully saturated rings. The van der Waals surface area contributed by atoms with Crippen LogP contribution in [0, 0.1) is 11.6 Å². The summed E-state index contributed by atoms with van der Waals surface area (Å²) in [7, 11) is 0. The molecule has 110 valence electrons. The molecule has 3 aromatic rings. The van der Waals surface area contributed by atoms with E-state index < -0.39 is 0 Å². The summed E-state index contributed by atoms with van der Waals surface area (Å²) < 4.78 is 26.7. The molecule has 4 heteroatoms. The summed E-state index contributed by atoms with van der Waals surface area (Å²) in [5, 5.41) is 0.578. The highest BCUT2D eigenvalue weighted by Crippen LogP contribution is 2.28. The molecule has 0 unspecified atom stereocenters. The van der Waals surface area contributed by atoms with Crippen LogP contribution in [0.15, 0.2) is 60.8 Å². The minimum Gasteiger partial charge on any atom is -0.255 e. The van der Waals surface area contributed by atoms with E-state index in [-0.39, 0.29) is 11.6 Å². The zero-order valence-electron chi connectivity index (χ0n) is 11.6. The SMILES string of the molecule is Fc1cccc(-c2cnc(-c3cccc(F)c3)c(CBr)c2)c1. The zero-order valence-corrected chi connectivity index (χ0v) is 13.1. The number of nitrogens with zero attached hydrogens (tertiary/aromatic N) is 1. The van der Waals surface area contributed by atoms with Crippen LogP contribution in [0.25, 0.3) is 22.4 Å². The third kappa shape index (κ3) is 3.07. The van der Waals surface area contributed by atoms with Gasteiger partial charge in [-0.15, -0.1) is 0 Å². The Morgan fingerprint density at radius 1 is 0.818 bits per heavy atom. The fourth-order valence-corrected chi connectivity index (χ4v) is 2.76. The Bertz CT molecular complexity index is 818. The van der Waals surface area contributed by atoms with Crippen LogP contribution < -0.4 is 0 Å². The van der Waals surface area contributed by atoms with E-state index in [1.165, 1.54) is 24.3 Å². The maximum atomic E-state index is 13.4. The molecule has 0 aliphatic carbocycles.